The molecule has 1 aliphatic carbocycles. The van der Waals surface area contributed by atoms with Gasteiger partial charge in [0, 0.05) is 28.1 Å². The van der Waals surface area contributed by atoms with E-state index < -0.39 is 39.1 Å². The maximum absolute atomic E-state index is 16.2. The molecule has 234 valence electrons. The summed E-state index contributed by atoms with van der Waals surface area (Å²) in [4.78, 5) is 44.9. The van der Waals surface area contributed by atoms with Crippen molar-refractivity contribution in [3.63, 3.8) is 0 Å². The smallest absolute Gasteiger partial charge is 0.407 e. The zero-order valence-corrected chi connectivity index (χ0v) is 27.2. The Bertz CT molecular complexity index is 1590. The third kappa shape index (κ3) is 6.73. The number of hydrogen-bond acceptors (Lipinski definition) is 6. The van der Waals surface area contributed by atoms with Crippen molar-refractivity contribution in [2.45, 2.75) is 37.6 Å². The van der Waals surface area contributed by atoms with Gasteiger partial charge in [0.1, 0.15) is 12.4 Å². The van der Waals surface area contributed by atoms with Crippen LogP contribution in [0.3, 0.4) is 0 Å². The van der Waals surface area contributed by atoms with E-state index >= 15 is 4.39 Å². The molecule has 0 radical (unpaired) electrons. The van der Waals surface area contributed by atoms with Gasteiger partial charge in [0.25, 0.3) is 5.91 Å². The van der Waals surface area contributed by atoms with Crippen molar-refractivity contribution in [2.24, 2.45) is 0 Å². The quantitative estimate of drug-likeness (QED) is 0.234. The van der Waals surface area contributed by atoms with Crippen LogP contribution in [-0.4, -0.2) is 70.9 Å². The lowest BCUT2D eigenvalue weighted by Crippen LogP contribution is -2.50. The van der Waals surface area contributed by atoms with Gasteiger partial charge in [-0.15, -0.1) is 0 Å². The van der Waals surface area contributed by atoms with Crippen molar-refractivity contribution in [1.82, 2.24) is 15.2 Å². The van der Waals surface area contributed by atoms with E-state index in [1.165, 1.54) is 24.1 Å². The Balaban J connectivity index is 1.56. The Morgan fingerprint density at radius 3 is 2.34 bits per heavy atom. The summed E-state index contributed by atoms with van der Waals surface area (Å²) in [6.45, 7) is 1.48. The van der Waals surface area contributed by atoms with Crippen molar-refractivity contribution in [3.05, 3.63) is 98.5 Å². The number of pyridine rings is 1. The number of alkyl carbamates (subject to hydrolysis) is 1. The first-order chi connectivity index (χ1) is 20.7. The maximum Gasteiger partial charge on any atom is 0.407 e. The monoisotopic (exact) mass is 661 g/mol. The molecule has 12 heteroatoms. The molecular weight excluding hydrogens is 628 g/mol. The average Bonchev–Trinajstić information content (AvgIpc) is 3.67. The van der Waals surface area contributed by atoms with Crippen LogP contribution in [0, 0.1) is 5.82 Å². The normalized spacial score (nSPS) is 19.0. The van der Waals surface area contributed by atoms with E-state index in [2.05, 4.69) is 29.1 Å². The predicted octanol–water partition coefficient (Wildman–Crippen LogP) is 6.56. The average molecular weight is 663 g/mol. The highest BCUT2D eigenvalue weighted by Gasteiger charge is 2.57. The Kier molecular flexibility index (Phi) is 9.01. The van der Waals surface area contributed by atoms with Crippen LogP contribution >= 0.6 is 33.2 Å². The minimum absolute atomic E-state index is 0.000935. The van der Waals surface area contributed by atoms with Gasteiger partial charge in [0.05, 0.1) is 40.5 Å². The molecule has 44 heavy (non-hydrogen) atoms. The van der Waals surface area contributed by atoms with Gasteiger partial charge in [-0.25, -0.2) is 19.2 Å². The lowest BCUT2D eigenvalue weighted by atomic mass is 9.91. The van der Waals surface area contributed by atoms with Crippen LogP contribution in [0.25, 0.3) is 0 Å². The predicted molar refractivity (Wildman–Crippen MR) is 170 cm³/mol. The largest absolute Gasteiger partial charge is 0.449 e. The number of nitrogens with one attached hydrogen (secondary N) is 1. The number of rotatable bonds is 11. The second kappa shape index (κ2) is 12.3. The number of benzene rings is 2. The molecule has 3 aromatic rings. The van der Waals surface area contributed by atoms with E-state index in [-0.39, 0.29) is 35.6 Å². The highest BCUT2D eigenvalue weighted by Crippen LogP contribution is 2.49. The van der Waals surface area contributed by atoms with E-state index in [4.69, 9.17) is 32.7 Å². The first kappa shape index (κ1) is 32.2. The third-order valence-corrected chi connectivity index (χ3v) is 9.61. The minimum Gasteiger partial charge on any atom is -0.449 e. The number of ketones is 1. The van der Waals surface area contributed by atoms with Gasteiger partial charge >= 0.3 is 6.09 Å². The second-order valence-corrected chi connectivity index (χ2v) is 17.5. The topological polar surface area (TPSA) is 97.8 Å². The van der Waals surface area contributed by atoms with Gasteiger partial charge in [-0.2, -0.15) is 0 Å². The van der Waals surface area contributed by atoms with Crippen LogP contribution in [0.15, 0.2) is 54.7 Å². The van der Waals surface area contributed by atoms with Gasteiger partial charge in [-0.3, -0.25) is 19.5 Å². The fraction of sp³-hybridized carbons (Fsp3) is 0.375. The lowest BCUT2D eigenvalue weighted by Gasteiger charge is -2.40. The third-order valence-electron chi connectivity index (χ3n) is 7.74. The Hall–Kier alpha value is -3.18. The summed E-state index contributed by atoms with van der Waals surface area (Å²) in [6, 6.07) is 12.4. The molecule has 0 saturated heterocycles. The van der Waals surface area contributed by atoms with Gasteiger partial charge < -0.3 is 14.8 Å². The molecule has 0 bridgehead atoms. The molecule has 1 unspecified atom stereocenters. The lowest BCUT2D eigenvalue weighted by molar-refractivity contribution is -0.121. The molecule has 2 aromatic carbocycles. The molecule has 1 atom stereocenters. The number of halogens is 3. The fourth-order valence-corrected chi connectivity index (χ4v) is 5.96. The zero-order chi connectivity index (χ0) is 31.9. The van der Waals surface area contributed by atoms with Gasteiger partial charge in [-0.1, -0.05) is 35.3 Å². The number of carbonyl (C=O) groups excluding carboxylic acids is 3. The standard InChI is InChI=1S/C32H34Cl2FN3O5S/c1-20(39)21-15-26-28(27(35)16-21)32(22-5-7-23(33)8-6-22,38(29(26)40)18-25-10-9-24(34)17-36-25)43-19-31(11-12-31)37-30(41)42-13-14-44(2,3)4/h5-10,15-17H,11-14,18-19H2,1-4H3,(H,37,41). The fourth-order valence-electron chi connectivity index (χ4n) is 5.14. The molecule has 1 aliphatic heterocycles. The molecule has 1 aromatic heterocycles. The molecule has 2 amide bonds. The number of nitrogens with zero attached hydrogens (tertiary/aromatic N) is 2. The molecule has 0 spiro atoms. The van der Waals surface area contributed by atoms with Crippen LogP contribution in [0.5, 0.6) is 0 Å². The molecule has 1 fully saturated rings. The van der Waals surface area contributed by atoms with Crippen LogP contribution in [0.4, 0.5) is 9.18 Å². The van der Waals surface area contributed by atoms with E-state index in [0.29, 0.717) is 40.8 Å². The van der Waals surface area contributed by atoms with Gasteiger partial charge in [-0.05, 0) is 74.9 Å². The highest BCUT2D eigenvalue weighted by molar-refractivity contribution is 8.32. The van der Waals surface area contributed by atoms with Crippen LogP contribution in [-0.2, 0) is 21.7 Å². The summed E-state index contributed by atoms with van der Waals surface area (Å²) in [5, 5.41) is 3.79. The first-order valence-corrected chi connectivity index (χ1v) is 17.8. The summed E-state index contributed by atoms with van der Waals surface area (Å²) in [5.74, 6) is -0.930. The number of fused-ring (bicyclic) bond motifs is 1. The highest BCUT2D eigenvalue weighted by atomic mass is 35.5. The van der Waals surface area contributed by atoms with E-state index in [0.717, 1.165) is 11.8 Å². The SMILES string of the molecule is CC(=O)c1cc(F)c2c(c1)C(=O)N(Cc1ccc(Cl)cn1)C2(OCC1(NC(=O)OCCS(C)(C)C)CC1)c1ccc(Cl)cc1. The summed E-state index contributed by atoms with van der Waals surface area (Å²) in [5.41, 5.74) is -1.61. The van der Waals surface area contributed by atoms with Crippen LogP contribution in [0.2, 0.25) is 10.0 Å². The maximum atomic E-state index is 16.2. The number of Topliss-reactive ketones (excluding diaryl/α,β-unsaturated/α-hetero) is 1. The van der Waals surface area contributed by atoms with E-state index in [1.54, 1.807) is 36.4 Å². The molecule has 1 N–H and O–H groups in total. The number of aromatic nitrogens is 1. The molecule has 1 saturated carbocycles. The first-order valence-electron chi connectivity index (χ1n) is 14.0. The van der Waals surface area contributed by atoms with Gasteiger partial charge in [0.2, 0.25) is 0 Å². The van der Waals surface area contributed by atoms with Crippen molar-refractivity contribution >= 4 is 51.0 Å². The van der Waals surface area contributed by atoms with Crippen LogP contribution < -0.4 is 5.32 Å². The van der Waals surface area contributed by atoms with E-state index in [1.807, 2.05) is 0 Å². The Morgan fingerprint density at radius 2 is 1.75 bits per heavy atom. The number of ether oxygens (including phenoxy) is 2. The Labute approximate surface area is 267 Å². The zero-order valence-electron chi connectivity index (χ0n) is 24.9. The van der Waals surface area contributed by atoms with Crippen molar-refractivity contribution in [3.8, 4) is 0 Å². The number of amides is 2. The number of hydrogen-bond donors (Lipinski definition) is 1. The molecule has 2 heterocycles. The summed E-state index contributed by atoms with van der Waals surface area (Å²) < 4.78 is 28.4. The second-order valence-electron chi connectivity index (χ2n) is 12.1. The molecule has 2 aliphatic rings. The summed E-state index contributed by atoms with van der Waals surface area (Å²) in [7, 11) is -0.837. The minimum atomic E-state index is -1.78. The summed E-state index contributed by atoms with van der Waals surface area (Å²) in [6.07, 6.45) is 8.54. The van der Waals surface area contributed by atoms with E-state index in [9.17, 15) is 14.4 Å². The molecular formula is C32H34Cl2FN3O5S. The van der Waals surface area contributed by atoms with Crippen molar-refractivity contribution in [2.75, 3.05) is 37.7 Å². The van der Waals surface area contributed by atoms with Gasteiger partial charge in [0.15, 0.2) is 11.5 Å². The van der Waals surface area contributed by atoms with Crippen molar-refractivity contribution in [1.29, 1.82) is 0 Å². The van der Waals surface area contributed by atoms with Crippen molar-refractivity contribution < 1.29 is 28.2 Å². The number of carbonyl (C=O) groups is 3. The Morgan fingerprint density at radius 1 is 1.07 bits per heavy atom. The molecule has 5 rings (SSSR count). The summed E-state index contributed by atoms with van der Waals surface area (Å²) >= 11 is 12.3. The molecule has 8 nitrogen and oxygen atoms in total. The van der Waals surface area contributed by atoms with Crippen LogP contribution in [0.1, 0.15) is 57.3 Å².